The molecule has 4 N–H and O–H groups in total. The van der Waals surface area contributed by atoms with Gasteiger partial charge >= 0.3 is 0 Å². The van der Waals surface area contributed by atoms with E-state index in [4.69, 9.17) is 0 Å². The molecule has 1 aromatic rings. The molecule has 0 spiro atoms. The second kappa shape index (κ2) is 10.8. The number of fused-ring (bicyclic) bond motifs is 1. The molecule has 3 rings (SSSR count). The van der Waals surface area contributed by atoms with E-state index in [1.807, 2.05) is 30.4 Å². The van der Waals surface area contributed by atoms with Gasteiger partial charge in [-0.05, 0) is 74.1 Å². The van der Waals surface area contributed by atoms with E-state index in [9.17, 15) is 14.4 Å². The van der Waals surface area contributed by atoms with Crippen LogP contribution in [0.1, 0.15) is 54.6 Å². The third-order valence-electron chi connectivity index (χ3n) is 6.86. The number of rotatable bonds is 7. The second-order valence-corrected chi connectivity index (χ2v) is 8.89. The molecule has 0 saturated heterocycles. The molecule has 0 heterocycles. The van der Waals surface area contributed by atoms with Gasteiger partial charge in [0, 0.05) is 38.3 Å². The zero-order chi connectivity index (χ0) is 24.9. The lowest BCUT2D eigenvalue weighted by Crippen LogP contribution is -2.49. The normalized spacial score (nSPS) is 20.2. The van der Waals surface area contributed by atoms with Gasteiger partial charge in [0.15, 0.2) is 0 Å². The van der Waals surface area contributed by atoms with Gasteiger partial charge in [-0.15, -0.1) is 0 Å². The van der Waals surface area contributed by atoms with Crippen LogP contribution in [-0.2, 0) is 21.4 Å². The highest BCUT2D eigenvalue weighted by Gasteiger charge is 2.47. The summed E-state index contributed by atoms with van der Waals surface area (Å²) < 4.78 is 0. The first-order chi connectivity index (χ1) is 16.3. The molecular formula is C27H36N4O3. The molecule has 2 aliphatic carbocycles. The monoisotopic (exact) mass is 464 g/mol. The molecule has 2 atom stereocenters. The van der Waals surface area contributed by atoms with Crippen LogP contribution < -0.4 is 21.3 Å². The van der Waals surface area contributed by atoms with Crippen molar-refractivity contribution in [1.82, 2.24) is 21.3 Å². The zero-order valence-electron chi connectivity index (χ0n) is 20.8. The number of benzene rings is 1. The highest BCUT2D eigenvalue weighted by Crippen LogP contribution is 2.46. The summed E-state index contributed by atoms with van der Waals surface area (Å²) in [6, 6.07) is 5.72. The van der Waals surface area contributed by atoms with E-state index >= 15 is 0 Å². The maximum absolute atomic E-state index is 13.9. The summed E-state index contributed by atoms with van der Waals surface area (Å²) in [5.41, 5.74) is 4.23. The fourth-order valence-corrected chi connectivity index (χ4v) is 5.28. The van der Waals surface area contributed by atoms with Gasteiger partial charge in [-0.2, -0.15) is 0 Å². The molecule has 0 aliphatic heterocycles. The summed E-state index contributed by atoms with van der Waals surface area (Å²) in [6.07, 6.45) is 8.31. The third kappa shape index (κ3) is 4.71. The SMILES string of the molecule is CCNC(C)CC1(C(=O)NC)C2=C(CC=C(C(=O)NC)C=C2)CCc2cc(C(=O)NC)ccc21. The number of hydrogen-bond acceptors (Lipinski definition) is 4. The molecule has 7 nitrogen and oxygen atoms in total. The van der Waals surface area contributed by atoms with Crippen LogP contribution in [0.2, 0.25) is 0 Å². The summed E-state index contributed by atoms with van der Waals surface area (Å²) in [5.74, 6) is -0.379. The predicted octanol–water partition coefficient (Wildman–Crippen LogP) is 2.29. The van der Waals surface area contributed by atoms with Gasteiger partial charge < -0.3 is 21.3 Å². The number of carbonyl (C=O) groups excluding carboxylic acids is 3. The van der Waals surface area contributed by atoms with Crippen molar-refractivity contribution in [3.63, 3.8) is 0 Å². The fraction of sp³-hybridized carbons (Fsp3) is 0.444. The van der Waals surface area contributed by atoms with Gasteiger partial charge in [-0.3, -0.25) is 14.4 Å². The van der Waals surface area contributed by atoms with Crippen LogP contribution in [0.5, 0.6) is 0 Å². The minimum Gasteiger partial charge on any atom is -0.358 e. The van der Waals surface area contributed by atoms with Crippen LogP contribution in [0.3, 0.4) is 0 Å². The van der Waals surface area contributed by atoms with Crippen LogP contribution >= 0.6 is 0 Å². The standard InChI is InChI=1S/C27H36N4O3/c1-6-31-17(2)16-27(26(34)30-5)22-13-11-19(24(32)28-3)9-7-18(22)8-10-20-15-21(25(33)29-4)12-14-23(20)27/h9,11-15,17,31H,6-8,10,16H2,1-5H3,(H,28,32)(H,29,33)(H,30,34). The number of allylic oxidation sites excluding steroid dienone is 3. The zero-order valence-corrected chi connectivity index (χ0v) is 20.8. The second-order valence-electron chi connectivity index (χ2n) is 8.89. The Balaban J connectivity index is 2.27. The smallest absolute Gasteiger partial charge is 0.251 e. The quantitative estimate of drug-likeness (QED) is 0.498. The molecule has 34 heavy (non-hydrogen) atoms. The lowest BCUT2D eigenvalue weighted by molar-refractivity contribution is -0.125. The highest BCUT2D eigenvalue weighted by molar-refractivity contribution is 5.98. The molecule has 1 aromatic carbocycles. The number of likely N-dealkylation sites (N-methyl/N-ethyl adjacent to an activating group) is 2. The van der Waals surface area contributed by atoms with Crippen molar-refractivity contribution < 1.29 is 14.4 Å². The van der Waals surface area contributed by atoms with Gasteiger partial charge in [0.1, 0.15) is 5.41 Å². The maximum atomic E-state index is 13.9. The van der Waals surface area contributed by atoms with Crippen molar-refractivity contribution in [1.29, 1.82) is 0 Å². The van der Waals surface area contributed by atoms with E-state index in [2.05, 4.69) is 35.1 Å². The van der Waals surface area contributed by atoms with Crippen LogP contribution in [0.15, 0.2) is 53.1 Å². The van der Waals surface area contributed by atoms with Crippen LogP contribution in [0.4, 0.5) is 0 Å². The molecule has 0 fully saturated rings. The van der Waals surface area contributed by atoms with E-state index in [0.29, 0.717) is 30.4 Å². The topological polar surface area (TPSA) is 99.3 Å². The third-order valence-corrected chi connectivity index (χ3v) is 6.86. The number of nitrogens with one attached hydrogen (secondary N) is 4. The molecule has 0 aromatic heterocycles. The Labute approximate surface area is 202 Å². The van der Waals surface area contributed by atoms with Gasteiger partial charge in [-0.1, -0.05) is 30.7 Å². The molecule has 0 bridgehead atoms. The molecule has 0 radical (unpaired) electrons. The maximum Gasteiger partial charge on any atom is 0.251 e. The fourth-order valence-electron chi connectivity index (χ4n) is 5.28. The minimum atomic E-state index is -0.957. The molecule has 3 amide bonds. The summed E-state index contributed by atoms with van der Waals surface area (Å²) >= 11 is 0. The van der Waals surface area contributed by atoms with Crippen molar-refractivity contribution in [3.8, 4) is 0 Å². The highest BCUT2D eigenvalue weighted by atomic mass is 16.2. The van der Waals surface area contributed by atoms with Crippen molar-refractivity contribution in [3.05, 3.63) is 69.8 Å². The van der Waals surface area contributed by atoms with Gasteiger partial charge in [0.25, 0.3) is 11.8 Å². The molecule has 0 saturated carbocycles. The van der Waals surface area contributed by atoms with Crippen molar-refractivity contribution >= 4 is 17.7 Å². The van der Waals surface area contributed by atoms with Crippen molar-refractivity contribution in [2.45, 2.75) is 51.0 Å². The van der Waals surface area contributed by atoms with E-state index in [1.54, 1.807) is 27.2 Å². The number of carbonyl (C=O) groups is 3. The first-order valence-electron chi connectivity index (χ1n) is 12.0. The van der Waals surface area contributed by atoms with Crippen molar-refractivity contribution in [2.75, 3.05) is 27.7 Å². The Kier molecular flexibility index (Phi) is 8.10. The number of hydrogen-bond donors (Lipinski definition) is 4. The first kappa shape index (κ1) is 25.4. The van der Waals surface area contributed by atoms with E-state index < -0.39 is 5.41 Å². The van der Waals surface area contributed by atoms with Crippen molar-refractivity contribution in [2.24, 2.45) is 0 Å². The lowest BCUT2D eigenvalue weighted by Gasteiger charge is -2.38. The Morgan fingerprint density at radius 3 is 2.38 bits per heavy atom. The molecule has 182 valence electrons. The molecule has 7 heteroatoms. The minimum absolute atomic E-state index is 0.0589. The summed E-state index contributed by atoms with van der Waals surface area (Å²) in [4.78, 5) is 38.6. The Morgan fingerprint density at radius 2 is 1.74 bits per heavy atom. The Hall–Kier alpha value is -3.19. The summed E-state index contributed by atoms with van der Waals surface area (Å²) in [5, 5.41) is 11.8. The predicted molar refractivity (Wildman–Crippen MR) is 135 cm³/mol. The Bertz CT molecular complexity index is 1070. The van der Waals surface area contributed by atoms with Crippen LogP contribution in [0.25, 0.3) is 0 Å². The molecule has 2 unspecified atom stereocenters. The first-order valence-corrected chi connectivity index (χ1v) is 12.0. The van der Waals surface area contributed by atoms with Crippen LogP contribution in [-0.4, -0.2) is 51.5 Å². The number of amides is 3. The van der Waals surface area contributed by atoms with E-state index in [-0.39, 0.29) is 23.8 Å². The van der Waals surface area contributed by atoms with E-state index in [0.717, 1.165) is 35.2 Å². The summed E-state index contributed by atoms with van der Waals surface area (Å²) in [7, 11) is 4.90. The lowest BCUT2D eigenvalue weighted by atomic mass is 9.67. The van der Waals surface area contributed by atoms with E-state index in [1.165, 1.54) is 0 Å². The Morgan fingerprint density at radius 1 is 1.00 bits per heavy atom. The molecule has 2 aliphatic rings. The van der Waals surface area contributed by atoms with Gasteiger partial charge in [-0.25, -0.2) is 0 Å². The summed E-state index contributed by atoms with van der Waals surface area (Å²) in [6.45, 7) is 4.93. The van der Waals surface area contributed by atoms with Gasteiger partial charge in [0.05, 0.1) is 0 Å². The largest absolute Gasteiger partial charge is 0.358 e. The number of aryl methyl sites for hydroxylation is 1. The average molecular weight is 465 g/mol. The van der Waals surface area contributed by atoms with Gasteiger partial charge in [0.2, 0.25) is 5.91 Å². The molecular weight excluding hydrogens is 428 g/mol. The average Bonchev–Trinajstić information content (AvgIpc) is 3.13. The van der Waals surface area contributed by atoms with Crippen LogP contribution in [0, 0.1) is 0 Å².